The molecule has 7 heteroatoms. The molecule has 0 saturated carbocycles. The van der Waals surface area contributed by atoms with Crippen molar-refractivity contribution in [1.82, 2.24) is 15.1 Å². The van der Waals surface area contributed by atoms with Gasteiger partial charge >= 0.3 is 0 Å². The van der Waals surface area contributed by atoms with Crippen LogP contribution in [0, 0.1) is 5.92 Å². The van der Waals surface area contributed by atoms with Gasteiger partial charge in [0.2, 0.25) is 5.91 Å². The van der Waals surface area contributed by atoms with Gasteiger partial charge in [0, 0.05) is 69.4 Å². The third kappa shape index (κ3) is 5.82. The van der Waals surface area contributed by atoms with E-state index < -0.39 is 0 Å². The van der Waals surface area contributed by atoms with E-state index in [2.05, 4.69) is 32.1 Å². The molecule has 0 unspecified atom stereocenters. The molecule has 2 atom stereocenters. The summed E-state index contributed by atoms with van der Waals surface area (Å²) < 4.78 is 0. The zero-order valence-corrected chi connectivity index (χ0v) is 16.9. The Labute approximate surface area is 167 Å². The molecule has 2 fully saturated rings. The van der Waals surface area contributed by atoms with Crippen molar-refractivity contribution in [3.8, 4) is 0 Å². The normalized spacial score (nSPS) is 24.3. The monoisotopic (exact) mass is 394 g/mol. The largest absolute Gasteiger partial charge is 0.391 e. The summed E-state index contributed by atoms with van der Waals surface area (Å²) in [6.07, 6.45) is 1.13. The first-order chi connectivity index (χ1) is 13.0. The number of hydrogen-bond donors (Lipinski definition) is 2. The first-order valence-electron chi connectivity index (χ1n) is 9.89. The molecule has 2 heterocycles. The number of likely N-dealkylation sites (tertiary alicyclic amines) is 1. The molecule has 150 valence electrons. The van der Waals surface area contributed by atoms with E-state index in [1.54, 1.807) is 7.05 Å². The third-order valence-corrected chi connectivity index (χ3v) is 5.97. The lowest BCUT2D eigenvalue weighted by atomic mass is 10.0. The second kappa shape index (κ2) is 9.73. The number of β-amino-alcohol motifs (C(OH)–C–C–N with tert-alkyl or cyclic N) is 1. The Kier molecular flexibility index (Phi) is 7.35. The van der Waals surface area contributed by atoms with E-state index in [9.17, 15) is 9.90 Å². The number of hydrogen-bond acceptors (Lipinski definition) is 5. The molecule has 2 aliphatic heterocycles. The van der Waals surface area contributed by atoms with E-state index in [-0.39, 0.29) is 17.9 Å². The number of nitrogens with one attached hydrogen (secondary N) is 1. The summed E-state index contributed by atoms with van der Waals surface area (Å²) in [5.41, 5.74) is 1.24. The smallest absolute Gasteiger partial charge is 0.220 e. The molecule has 0 aliphatic carbocycles. The number of carbonyl (C=O) groups is 1. The number of nitrogens with zero attached hydrogens (tertiary/aromatic N) is 3. The highest BCUT2D eigenvalue weighted by Gasteiger charge is 2.32. The number of anilines is 1. The van der Waals surface area contributed by atoms with E-state index in [1.165, 1.54) is 5.69 Å². The molecule has 2 N–H and O–H groups in total. The second-order valence-corrected chi connectivity index (χ2v) is 8.06. The van der Waals surface area contributed by atoms with Crippen molar-refractivity contribution in [2.24, 2.45) is 5.92 Å². The molecule has 0 spiro atoms. The van der Waals surface area contributed by atoms with Gasteiger partial charge in [0.1, 0.15) is 0 Å². The van der Waals surface area contributed by atoms with E-state index in [1.807, 2.05) is 12.1 Å². The van der Waals surface area contributed by atoms with Gasteiger partial charge in [-0.1, -0.05) is 11.6 Å². The van der Waals surface area contributed by atoms with Gasteiger partial charge in [0.15, 0.2) is 0 Å². The highest BCUT2D eigenvalue weighted by Crippen LogP contribution is 2.21. The molecule has 1 amide bonds. The molecule has 1 aromatic rings. The van der Waals surface area contributed by atoms with Crippen LogP contribution in [0.3, 0.4) is 0 Å². The van der Waals surface area contributed by atoms with Crippen LogP contribution in [0.4, 0.5) is 5.69 Å². The summed E-state index contributed by atoms with van der Waals surface area (Å²) in [6, 6.07) is 8.08. The Bertz CT molecular complexity index is 605. The Balaban J connectivity index is 1.34. The predicted molar refractivity (Wildman–Crippen MR) is 109 cm³/mol. The van der Waals surface area contributed by atoms with Crippen LogP contribution in [0.25, 0.3) is 0 Å². The van der Waals surface area contributed by atoms with Crippen molar-refractivity contribution in [3.05, 3.63) is 29.3 Å². The fourth-order valence-corrected chi connectivity index (χ4v) is 4.19. The van der Waals surface area contributed by atoms with Crippen LogP contribution in [0.2, 0.25) is 5.02 Å². The number of amides is 1. The molecule has 6 nitrogen and oxygen atoms in total. The van der Waals surface area contributed by atoms with E-state index in [0.29, 0.717) is 13.0 Å². The van der Waals surface area contributed by atoms with Gasteiger partial charge in [-0.3, -0.25) is 9.69 Å². The molecule has 1 aromatic carbocycles. The van der Waals surface area contributed by atoms with Crippen LogP contribution >= 0.6 is 11.6 Å². The zero-order chi connectivity index (χ0) is 19.2. The summed E-state index contributed by atoms with van der Waals surface area (Å²) in [6.45, 7) is 7.80. The lowest BCUT2D eigenvalue weighted by Gasteiger charge is -2.36. The maximum Gasteiger partial charge on any atom is 0.220 e. The van der Waals surface area contributed by atoms with Crippen LogP contribution in [-0.4, -0.2) is 86.3 Å². The van der Waals surface area contributed by atoms with E-state index >= 15 is 0 Å². The lowest BCUT2D eigenvalue weighted by molar-refractivity contribution is -0.122. The van der Waals surface area contributed by atoms with Gasteiger partial charge < -0.3 is 20.2 Å². The Morgan fingerprint density at radius 1 is 1.11 bits per heavy atom. The molecule has 27 heavy (non-hydrogen) atoms. The molecular formula is C20H31ClN4O2. The van der Waals surface area contributed by atoms with Gasteiger partial charge in [0.05, 0.1) is 6.10 Å². The molecule has 3 rings (SSSR count). The third-order valence-electron chi connectivity index (χ3n) is 5.72. The average Bonchev–Trinajstić information content (AvgIpc) is 3.02. The van der Waals surface area contributed by atoms with Gasteiger partial charge in [0.25, 0.3) is 0 Å². The minimum atomic E-state index is -0.384. The number of carbonyl (C=O) groups excluding carboxylic acids is 1. The first-order valence-corrected chi connectivity index (χ1v) is 10.3. The Morgan fingerprint density at radius 2 is 1.78 bits per heavy atom. The Morgan fingerprint density at radius 3 is 2.44 bits per heavy atom. The van der Waals surface area contributed by atoms with Gasteiger partial charge in [-0.2, -0.15) is 0 Å². The SMILES string of the molecule is CNC(=O)C[C@@H]1CN(CCCN2CCN(c3ccc(Cl)cc3)CC2)C[C@H]1O. The van der Waals surface area contributed by atoms with Crippen molar-refractivity contribution in [2.45, 2.75) is 18.9 Å². The number of benzene rings is 1. The molecule has 2 saturated heterocycles. The Hall–Kier alpha value is -1.34. The predicted octanol–water partition coefficient (Wildman–Crippen LogP) is 1.28. The number of aliphatic hydroxyl groups excluding tert-OH is 1. The van der Waals surface area contributed by atoms with Crippen LogP contribution in [-0.2, 0) is 4.79 Å². The average molecular weight is 395 g/mol. The van der Waals surface area contributed by atoms with Gasteiger partial charge in [-0.25, -0.2) is 0 Å². The maximum atomic E-state index is 11.5. The molecular weight excluding hydrogens is 364 g/mol. The summed E-state index contributed by atoms with van der Waals surface area (Å²) >= 11 is 5.97. The minimum Gasteiger partial charge on any atom is -0.391 e. The number of rotatable bonds is 7. The first kappa shape index (κ1) is 20.4. The van der Waals surface area contributed by atoms with E-state index in [0.717, 1.165) is 57.3 Å². The maximum absolute atomic E-state index is 11.5. The topological polar surface area (TPSA) is 59.1 Å². The van der Waals surface area contributed by atoms with Crippen LogP contribution in [0.1, 0.15) is 12.8 Å². The highest BCUT2D eigenvalue weighted by atomic mass is 35.5. The quantitative estimate of drug-likeness (QED) is 0.729. The molecule has 0 aromatic heterocycles. The summed E-state index contributed by atoms with van der Waals surface area (Å²) in [5.74, 6) is 0.0762. The van der Waals surface area contributed by atoms with Crippen LogP contribution < -0.4 is 10.2 Å². The fourth-order valence-electron chi connectivity index (χ4n) is 4.06. The molecule has 0 radical (unpaired) electrons. The van der Waals surface area contributed by atoms with Crippen molar-refractivity contribution in [2.75, 3.05) is 64.3 Å². The highest BCUT2D eigenvalue weighted by molar-refractivity contribution is 6.30. The second-order valence-electron chi connectivity index (χ2n) is 7.62. The van der Waals surface area contributed by atoms with Crippen molar-refractivity contribution < 1.29 is 9.90 Å². The van der Waals surface area contributed by atoms with Crippen LogP contribution in [0.15, 0.2) is 24.3 Å². The van der Waals surface area contributed by atoms with Crippen LogP contribution in [0.5, 0.6) is 0 Å². The number of piperazine rings is 1. The summed E-state index contributed by atoms with van der Waals surface area (Å²) in [7, 11) is 1.65. The van der Waals surface area contributed by atoms with Crippen molar-refractivity contribution >= 4 is 23.2 Å². The lowest BCUT2D eigenvalue weighted by Crippen LogP contribution is -2.47. The fraction of sp³-hybridized carbons (Fsp3) is 0.650. The summed E-state index contributed by atoms with van der Waals surface area (Å²) in [5, 5.41) is 13.6. The minimum absolute atomic E-state index is 0.0134. The number of halogens is 1. The van der Waals surface area contributed by atoms with E-state index in [4.69, 9.17) is 11.6 Å². The van der Waals surface area contributed by atoms with Crippen molar-refractivity contribution in [1.29, 1.82) is 0 Å². The van der Waals surface area contributed by atoms with Crippen molar-refractivity contribution in [3.63, 3.8) is 0 Å². The standard InChI is InChI=1S/C20H31ClN4O2/c1-22-20(27)13-16-14-24(15-19(16)26)8-2-7-23-9-11-25(12-10-23)18-5-3-17(21)4-6-18/h3-6,16,19,26H,2,7-15H2,1H3,(H,22,27)/t16-,19-/m1/s1. The van der Waals surface area contributed by atoms with Gasteiger partial charge in [-0.05, 0) is 43.8 Å². The molecule has 0 bridgehead atoms. The molecule has 2 aliphatic rings. The summed E-state index contributed by atoms with van der Waals surface area (Å²) in [4.78, 5) is 18.7. The number of aliphatic hydroxyl groups is 1. The zero-order valence-electron chi connectivity index (χ0n) is 16.1. The van der Waals surface area contributed by atoms with Gasteiger partial charge in [-0.15, -0.1) is 0 Å².